The zero-order chi connectivity index (χ0) is 17.8. The molecule has 0 fully saturated rings. The van der Waals surface area contributed by atoms with Crippen LogP contribution in [0.5, 0.6) is 0 Å². The molecule has 1 nitrogen and oxygen atoms in total. The van der Waals surface area contributed by atoms with Crippen LogP contribution < -0.4 is 0 Å². The van der Waals surface area contributed by atoms with Gasteiger partial charge in [-0.2, -0.15) is 0 Å². The largest absolute Gasteiger partial charge is 0.354 e. The van der Waals surface area contributed by atoms with E-state index in [0.29, 0.717) is 0 Å². The van der Waals surface area contributed by atoms with Crippen molar-refractivity contribution in [2.75, 3.05) is 0 Å². The molecule has 0 aliphatic heterocycles. The normalized spacial score (nSPS) is 11.7. The van der Waals surface area contributed by atoms with Crippen LogP contribution in [0, 0.1) is 0 Å². The maximum Gasteiger partial charge on any atom is 0.0477 e. The zero-order valence-corrected chi connectivity index (χ0v) is 14.7. The molecular formula is C26H17N. The monoisotopic (exact) mass is 343 g/mol. The highest BCUT2D eigenvalue weighted by molar-refractivity contribution is 6.24. The Hall–Kier alpha value is -3.58. The minimum atomic E-state index is 1.19. The lowest BCUT2D eigenvalue weighted by Gasteiger charge is -2.09. The predicted octanol–water partition coefficient (Wildman–Crippen LogP) is 7.29. The standard InChI is InChI=1S/C26H17N/c1-2-8-17(9-3-1)22-16-25-26(21-13-7-6-12-20(21)22)23-14-18-10-4-5-11-19(18)15-24(23)27-25/h1-16,27H. The van der Waals surface area contributed by atoms with Crippen LogP contribution in [0.3, 0.4) is 0 Å². The summed E-state index contributed by atoms with van der Waals surface area (Å²) in [4.78, 5) is 3.67. The third kappa shape index (κ3) is 2.12. The topological polar surface area (TPSA) is 15.8 Å². The van der Waals surface area contributed by atoms with Gasteiger partial charge in [-0.1, -0.05) is 78.9 Å². The number of hydrogen-bond acceptors (Lipinski definition) is 0. The van der Waals surface area contributed by atoms with Crippen molar-refractivity contribution in [2.24, 2.45) is 0 Å². The maximum absolute atomic E-state index is 3.67. The van der Waals surface area contributed by atoms with Crippen LogP contribution in [0.1, 0.15) is 0 Å². The van der Waals surface area contributed by atoms with Gasteiger partial charge in [0, 0.05) is 21.8 Å². The number of nitrogens with one attached hydrogen (secondary N) is 1. The van der Waals surface area contributed by atoms with E-state index in [1.807, 2.05) is 0 Å². The Kier molecular flexibility index (Phi) is 2.95. The van der Waals surface area contributed by atoms with Crippen LogP contribution in [-0.2, 0) is 0 Å². The quantitative estimate of drug-likeness (QED) is 0.322. The summed E-state index contributed by atoms with van der Waals surface area (Å²) in [6, 6.07) is 34.8. The molecule has 1 heteroatoms. The molecule has 0 aliphatic carbocycles. The SMILES string of the molecule is c1ccc(-c2cc3[nH]c4cc5ccccc5cc4c3c3ccccc23)cc1. The minimum Gasteiger partial charge on any atom is -0.354 e. The fourth-order valence-corrected chi connectivity index (χ4v) is 4.32. The Balaban J connectivity index is 1.82. The van der Waals surface area contributed by atoms with Crippen LogP contribution in [0.25, 0.3) is 54.5 Å². The fourth-order valence-electron chi connectivity index (χ4n) is 4.32. The van der Waals surface area contributed by atoms with E-state index in [2.05, 4.69) is 102 Å². The Labute approximate surface area is 156 Å². The number of hydrogen-bond donors (Lipinski definition) is 1. The highest BCUT2D eigenvalue weighted by Gasteiger charge is 2.13. The molecule has 0 atom stereocenters. The third-order valence-corrected chi connectivity index (χ3v) is 5.55. The van der Waals surface area contributed by atoms with Crippen molar-refractivity contribution in [1.82, 2.24) is 4.98 Å². The molecule has 5 aromatic carbocycles. The molecule has 126 valence electrons. The Bertz CT molecular complexity index is 1460. The summed E-state index contributed by atoms with van der Waals surface area (Å²) in [6.45, 7) is 0. The van der Waals surface area contributed by atoms with E-state index in [4.69, 9.17) is 0 Å². The second kappa shape index (κ2) is 5.46. The number of rotatable bonds is 1. The lowest BCUT2D eigenvalue weighted by Crippen LogP contribution is -1.83. The number of fused-ring (bicyclic) bond motifs is 6. The lowest BCUT2D eigenvalue weighted by molar-refractivity contribution is 1.55. The minimum absolute atomic E-state index is 1.19. The van der Waals surface area contributed by atoms with E-state index in [0.717, 1.165) is 0 Å². The van der Waals surface area contributed by atoms with Crippen molar-refractivity contribution >= 4 is 43.4 Å². The molecule has 0 spiro atoms. The van der Waals surface area contributed by atoms with Crippen LogP contribution in [0.15, 0.2) is 97.1 Å². The highest BCUT2D eigenvalue weighted by atomic mass is 14.7. The molecule has 27 heavy (non-hydrogen) atoms. The van der Waals surface area contributed by atoms with Crippen LogP contribution in [0.4, 0.5) is 0 Å². The number of benzene rings is 5. The summed E-state index contributed by atoms with van der Waals surface area (Å²) in [5, 5.41) is 7.75. The lowest BCUT2D eigenvalue weighted by atomic mass is 9.94. The Morgan fingerprint density at radius 3 is 1.96 bits per heavy atom. The van der Waals surface area contributed by atoms with Gasteiger partial charge in [0.05, 0.1) is 0 Å². The maximum atomic E-state index is 3.67. The van der Waals surface area contributed by atoms with E-state index in [9.17, 15) is 0 Å². The average Bonchev–Trinajstić information content (AvgIpc) is 3.09. The number of H-pyrrole nitrogens is 1. The molecule has 0 aliphatic rings. The summed E-state index contributed by atoms with van der Waals surface area (Å²) in [5.74, 6) is 0. The van der Waals surface area contributed by atoms with Crippen molar-refractivity contribution in [3.8, 4) is 11.1 Å². The van der Waals surface area contributed by atoms with Crippen molar-refractivity contribution in [3.63, 3.8) is 0 Å². The number of aromatic amines is 1. The van der Waals surface area contributed by atoms with Gasteiger partial charge in [-0.05, 0) is 50.9 Å². The predicted molar refractivity (Wildman–Crippen MR) is 116 cm³/mol. The molecule has 0 bridgehead atoms. The molecule has 0 radical (unpaired) electrons. The molecule has 0 amide bonds. The first-order valence-corrected chi connectivity index (χ1v) is 9.30. The van der Waals surface area contributed by atoms with Crippen LogP contribution in [0.2, 0.25) is 0 Å². The van der Waals surface area contributed by atoms with Gasteiger partial charge in [0.25, 0.3) is 0 Å². The van der Waals surface area contributed by atoms with Gasteiger partial charge in [0.2, 0.25) is 0 Å². The Morgan fingerprint density at radius 1 is 0.481 bits per heavy atom. The molecule has 0 saturated carbocycles. The van der Waals surface area contributed by atoms with Gasteiger partial charge >= 0.3 is 0 Å². The third-order valence-electron chi connectivity index (χ3n) is 5.55. The molecule has 1 aromatic heterocycles. The van der Waals surface area contributed by atoms with Crippen LogP contribution in [-0.4, -0.2) is 4.98 Å². The van der Waals surface area contributed by atoms with E-state index in [1.165, 1.54) is 54.5 Å². The van der Waals surface area contributed by atoms with Gasteiger partial charge in [0.15, 0.2) is 0 Å². The molecule has 0 unspecified atom stereocenters. The van der Waals surface area contributed by atoms with Crippen LogP contribution >= 0.6 is 0 Å². The molecular weight excluding hydrogens is 326 g/mol. The Morgan fingerprint density at radius 2 is 1.15 bits per heavy atom. The molecule has 1 heterocycles. The summed E-state index contributed by atoms with van der Waals surface area (Å²) in [7, 11) is 0. The average molecular weight is 343 g/mol. The van der Waals surface area contributed by atoms with Gasteiger partial charge in [0.1, 0.15) is 0 Å². The van der Waals surface area contributed by atoms with Gasteiger partial charge in [-0.3, -0.25) is 0 Å². The number of aromatic nitrogens is 1. The van der Waals surface area contributed by atoms with Gasteiger partial charge in [-0.15, -0.1) is 0 Å². The summed E-state index contributed by atoms with van der Waals surface area (Å²) >= 11 is 0. The summed E-state index contributed by atoms with van der Waals surface area (Å²) < 4.78 is 0. The second-order valence-electron chi connectivity index (χ2n) is 7.13. The first-order chi connectivity index (χ1) is 13.4. The van der Waals surface area contributed by atoms with Crippen molar-refractivity contribution in [3.05, 3.63) is 97.1 Å². The first kappa shape index (κ1) is 14.6. The zero-order valence-electron chi connectivity index (χ0n) is 14.7. The van der Waals surface area contributed by atoms with Crippen molar-refractivity contribution in [2.45, 2.75) is 0 Å². The second-order valence-corrected chi connectivity index (χ2v) is 7.13. The van der Waals surface area contributed by atoms with E-state index in [-0.39, 0.29) is 0 Å². The highest BCUT2D eigenvalue weighted by Crippen LogP contribution is 2.39. The fraction of sp³-hybridized carbons (Fsp3) is 0. The first-order valence-electron chi connectivity index (χ1n) is 9.30. The van der Waals surface area contributed by atoms with Crippen molar-refractivity contribution in [1.29, 1.82) is 0 Å². The van der Waals surface area contributed by atoms with E-state index >= 15 is 0 Å². The summed E-state index contributed by atoms with van der Waals surface area (Å²) in [6.07, 6.45) is 0. The van der Waals surface area contributed by atoms with E-state index < -0.39 is 0 Å². The molecule has 1 N–H and O–H groups in total. The molecule has 6 aromatic rings. The molecule has 6 rings (SSSR count). The van der Waals surface area contributed by atoms with Crippen molar-refractivity contribution < 1.29 is 0 Å². The van der Waals surface area contributed by atoms with E-state index in [1.54, 1.807) is 0 Å². The van der Waals surface area contributed by atoms with Gasteiger partial charge < -0.3 is 4.98 Å². The summed E-state index contributed by atoms with van der Waals surface area (Å²) in [5.41, 5.74) is 4.91. The molecule has 0 saturated heterocycles. The van der Waals surface area contributed by atoms with Gasteiger partial charge in [-0.25, -0.2) is 0 Å². The smallest absolute Gasteiger partial charge is 0.0477 e.